The van der Waals surface area contributed by atoms with E-state index in [0.717, 1.165) is 0 Å². The Labute approximate surface area is 112 Å². The summed E-state index contributed by atoms with van der Waals surface area (Å²) in [7, 11) is -3.56. The molecule has 18 heavy (non-hydrogen) atoms. The minimum absolute atomic E-state index is 0.285. The summed E-state index contributed by atoms with van der Waals surface area (Å²) < 4.78 is 23.6. The topological polar surface area (TPSA) is 70.0 Å². The van der Waals surface area contributed by atoms with Gasteiger partial charge in [-0.05, 0) is 38.1 Å². The second-order valence-electron chi connectivity index (χ2n) is 3.87. The molecule has 0 heterocycles. The first-order valence-electron chi connectivity index (χ1n) is 5.24. The standard InChI is InChI=1S/C12H13ClN2O2S/c1-9(2)18(16,17)12(7-14)8-15-11-5-3-10(13)4-6-11/h3-6,8-9,15H,1-2H3/b12-8-. The molecule has 0 saturated carbocycles. The number of nitrogens with one attached hydrogen (secondary N) is 1. The first kappa shape index (κ1) is 14.6. The van der Waals surface area contributed by atoms with Gasteiger partial charge >= 0.3 is 0 Å². The maximum Gasteiger partial charge on any atom is 0.192 e. The molecule has 0 aliphatic carbocycles. The zero-order chi connectivity index (χ0) is 13.8. The Morgan fingerprint density at radius 3 is 2.39 bits per heavy atom. The molecule has 0 saturated heterocycles. The lowest BCUT2D eigenvalue weighted by Gasteiger charge is -2.06. The number of rotatable bonds is 4. The zero-order valence-electron chi connectivity index (χ0n) is 10.0. The lowest BCUT2D eigenvalue weighted by molar-refractivity contribution is 0.595. The molecular formula is C12H13ClN2O2S. The third-order valence-electron chi connectivity index (χ3n) is 2.25. The van der Waals surface area contributed by atoms with E-state index in [2.05, 4.69) is 5.32 Å². The summed E-state index contributed by atoms with van der Waals surface area (Å²) >= 11 is 5.72. The van der Waals surface area contributed by atoms with Crippen LogP contribution >= 0.6 is 11.6 Å². The predicted molar refractivity (Wildman–Crippen MR) is 72.8 cm³/mol. The molecule has 1 rings (SSSR count). The Balaban J connectivity index is 2.95. The Morgan fingerprint density at radius 2 is 1.94 bits per heavy atom. The van der Waals surface area contributed by atoms with E-state index >= 15 is 0 Å². The van der Waals surface area contributed by atoms with Gasteiger partial charge < -0.3 is 5.32 Å². The first-order valence-corrected chi connectivity index (χ1v) is 7.16. The number of allylic oxidation sites excluding steroid dienone is 1. The van der Waals surface area contributed by atoms with Crippen LogP contribution < -0.4 is 5.32 Å². The maximum atomic E-state index is 11.8. The van der Waals surface area contributed by atoms with Crippen LogP contribution in [0.2, 0.25) is 5.02 Å². The smallest absolute Gasteiger partial charge is 0.192 e. The van der Waals surface area contributed by atoms with E-state index in [1.807, 2.05) is 0 Å². The molecule has 0 amide bonds. The zero-order valence-corrected chi connectivity index (χ0v) is 11.6. The van der Waals surface area contributed by atoms with Crippen molar-refractivity contribution in [2.45, 2.75) is 19.1 Å². The summed E-state index contributed by atoms with van der Waals surface area (Å²) in [6.45, 7) is 3.06. The van der Waals surface area contributed by atoms with Gasteiger partial charge in [0.25, 0.3) is 0 Å². The second kappa shape index (κ2) is 5.89. The number of benzene rings is 1. The van der Waals surface area contributed by atoms with Crippen LogP contribution in [0.1, 0.15) is 13.8 Å². The third kappa shape index (κ3) is 3.49. The molecule has 0 spiro atoms. The number of hydrogen-bond acceptors (Lipinski definition) is 4. The van der Waals surface area contributed by atoms with Crippen molar-refractivity contribution in [2.24, 2.45) is 0 Å². The van der Waals surface area contributed by atoms with E-state index in [9.17, 15) is 8.42 Å². The minimum atomic E-state index is -3.56. The van der Waals surface area contributed by atoms with Crippen molar-refractivity contribution >= 4 is 27.1 Å². The van der Waals surface area contributed by atoms with Gasteiger partial charge in [-0.3, -0.25) is 0 Å². The number of nitriles is 1. The van der Waals surface area contributed by atoms with Crippen LogP contribution in [0, 0.1) is 11.3 Å². The lowest BCUT2D eigenvalue weighted by atomic mass is 10.3. The molecule has 0 fully saturated rings. The summed E-state index contributed by atoms with van der Waals surface area (Å²) in [5.74, 6) is 0. The van der Waals surface area contributed by atoms with Crippen molar-refractivity contribution < 1.29 is 8.42 Å². The van der Waals surface area contributed by atoms with Crippen molar-refractivity contribution in [2.75, 3.05) is 5.32 Å². The minimum Gasteiger partial charge on any atom is -0.360 e. The summed E-state index contributed by atoms with van der Waals surface area (Å²) in [6.07, 6.45) is 1.19. The Morgan fingerprint density at radius 1 is 1.39 bits per heavy atom. The van der Waals surface area contributed by atoms with Gasteiger partial charge in [0, 0.05) is 16.9 Å². The number of hydrogen-bond donors (Lipinski definition) is 1. The largest absolute Gasteiger partial charge is 0.360 e. The summed E-state index contributed by atoms with van der Waals surface area (Å²) in [5, 5.41) is 11.6. The van der Waals surface area contributed by atoms with E-state index in [-0.39, 0.29) is 4.91 Å². The van der Waals surface area contributed by atoms with Crippen LogP contribution in [0.3, 0.4) is 0 Å². The van der Waals surface area contributed by atoms with Gasteiger partial charge in [-0.2, -0.15) is 5.26 Å². The van der Waals surface area contributed by atoms with Gasteiger partial charge in [-0.1, -0.05) is 11.6 Å². The summed E-state index contributed by atoms with van der Waals surface area (Å²) in [5.41, 5.74) is 0.658. The molecule has 6 heteroatoms. The number of sulfone groups is 1. The van der Waals surface area contributed by atoms with Gasteiger partial charge in [0.15, 0.2) is 14.7 Å². The molecule has 4 nitrogen and oxygen atoms in total. The van der Waals surface area contributed by atoms with E-state index in [1.54, 1.807) is 30.3 Å². The molecule has 0 bridgehead atoms. The summed E-state index contributed by atoms with van der Waals surface area (Å²) in [6, 6.07) is 8.41. The van der Waals surface area contributed by atoms with Crippen LogP contribution in [0.5, 0.6) is 0 Å². The van der Waals surface area contributed by atoms with Crippen molar-refractivity contribution in [1.29, 1.82) is 5.26 Å². The normalized spacial score (nSPS) is 12.3. The van der Waals surface area contributed by atoms with E-state index in [4.69, 9.17) is 16.9 Å². The Bertz CT molecular complexity index is 583. The predicted octanol–water partition coefficient (Wildman–Crippen LogP) is 2.94. The molecule has 0 aliphatic rings. The molecule has 0 radical (unpaired) electrons. The molecule has 0 aliphatic heterocycles. The highest BCUT2D eigenvalue weighted by molar-refractivity contribution is 7.96. The van der Waals surface area contributed by atoms with Crippen molar-refractivity contribution in [3.8, 4) is 6.07 Å². The highest BCUT2D eigenvalue weighted by atomic mass is 35.5. The molecular weight excluding hydrogens is 272 g/mol. The molecule has 0 aromatic heterocycles. The van der Waals surface area contributed by atoms with Crippen LogP contribution in [0.25, 0.3) is 0 Å². The monoisotopic (exact) mass is 284 g/mol. The van der Waals surface area contributed by atoms with Gasteiger partial charge in [-0.15, -0.1) is 0 Å². The highest BCUT2D eigenvalue weighted by Crippen LogP contribution is 2.16. The Hall–Kier alpha value is -1.51. The average molecular weight is 285 g/mol. The maximum absolute atomic E-state index is 11.8. The van der Waals surface area contributed by atoms with E-state index in [0.29, 0.717) is 10.7 Å². The first-order chi connectivity index (χ1) is 8.37. The van der Waals surface area contributed by atoms with Gasteiger partial charge in [0.2, 0.25) is 0 Å². The number of halogens is 1. The molecule has 1 aromatic rings. The molecule has 96 valence electrons. The lowest BCUT2D eigenvalue weighted by Crippen LogP contribution is -2.16. The van der Waals surface area contributed by atoms with Crippen LogP contribution in [-0.4, -0.2) is 13.7 Å². The summed E-state index contributed by atoms with van der Waals surface area (Å²) in [4.78, 5) is -0.285. The van der Waals surface area contributed by atoms with Crippen LogP contribution in [0.15, 0.2) is 35.4 Å². The fourth-order valence-corrected chi connectivity index (χ4v) is 2.11. The van der Waals surface area contributed by atoms with E-state index in [1.165, 1.54) is 20.0 Å². The van der Waals surface area contributed by atoms with Crippen LogP contribution in [-0.2, 0) is 9.84 Å². The van der Waals surface area contributed by atoms with Crippen LogP contribution in [0.4, 0.5) is 5.69 Å². The van der Waals surface area contributed by atoms with E-state index < -0.39 is 15.1 Å². The molecule has 0 atom stereocenters. The second-order valence-corrected chi connectivity index (χ2v) is 6.77. The van der Waals surface area contributed by atoms with Gasteiger partial charge in [-0.25, -0.2) is 8.42 Å². The molecule has 0 unspecified atom stereocenters. The van der Waals surface area contributed by atoms with Crippen molar-refractivity contribution in [3.05, 3.63) is 40.4 Å². The fraction of sp³-hybridized carbons (Fsp3) is 0.250. The molecule has 1 aromatic carbocycles. The number of anilines is 1. The quantitative estimate of drug-likeness (QED) is 0.863. The molecule has 1 N–H and O–H groups in total. The van der Waals surface area contributed by atoms with Gasteiger partial charge in [0.1, 0.15) is 6.07 Å². The fourth-order valence-electron chi connectivity index (χ4n) is 1.13. The van der Waals surface area contributed by atoms with Gasteiger partial charge in [0.05, 0.1) is 5.25 Å². The highest BCUT2D eigenvalue weighted by Gasteiger charge is 2.21. The SMILES string of the molecule is CC(C)S(=O)(=O)/C(C#N)=C\Nc1ccc(Cl)cc1. The third-order valence-corrected chi connectivity index (χ3v) is 4.57. The number of nitrogens with zero attached hydrogens (tertiary/aromatic N) is 1. The average Bonchev–Trinajstić information content (AvgIpc) is 2.31. The van der Waals surface area contributed by atoms with Crippen molar-refractivity contribution in [1.82, 2.24) is 0 Å². The Kier molecular flexibility index (Phi) is 4.76. The van der Waals surface area contributed by atoms with Crippen molar-refractivity contribution in [3.63, 3.8) is 0 Å².